The third-order valence-electron chi connectivity index (χ3n) is 4.32. The predicted molar refractivity (Wildman–Crippen MR) is 86.9 cm³/mol. The van der Waals surface area contributed by atoms with Crippen LogP contribution in [0.4, 0.5) is 0 Å². The molecule has 2 N–H and O–H groups in total. The smallest absolute Gasteiger partial charge is 0.253 e. The normalized spacial score (nSPS) is 18.2. The Morgan fingerprint density at radius 3 is 2.83 bits per heavy atom. The Balaban J connectivity index is 1.72. The summed E-state index contributed by atoms with van der Waals surface area (Å²) in [5, 5.41) is 16.4. The minimum atomic E-state index is 0.0268. The second kappa shape index (κ2) is 6.91. The molecule has 0 radical (unpaired) electrons. The molecule has 1 aliphatic heterocycles. The Hall–Kier alpha value is -2.21. The number of H-pyrrole nitrogens is 1. The molecular formula is C17H22N4O2. The van der Waals surface area contributed by atoms with E-state index in [-0.39, 0.29) is 18.4 Å². The fourth-order valence-corrected chi connectivity index (χ4v) is 2.93. The number of carbonyl (C=O) groups is 1. The number of aliphatic hydroxyl groups is 1. The van der Waals surface area contributed by atoms with Crippen LogP contribution in [0.3, 0.4) is 0 Å². The molecule has 23 heavy (non-hydrogen) atoms. The molecule has 1 atom stereocenters. The van der Waals surface area contributed by atoms with Crippen molar-refractivity contribution in [1.29, 1.82) is 0 Å². The minimum absolute atomic E-state index is 0.0268. The van der Waals surface area contributed by atoms with E-state index in [0.717, 1.165) is 37.2 Å². The van der Waals surface area contributed by atoms with Gasteiger partial charge in [-0.1, -0.05) is 19.1 Å². The van der Waals surface area contributed by atoms with Gasteiger partial charge in [0.25, 0.3) is 5.91 Å². The van der Waals surface area contributed by atoms with Gasteiger partial charge in [-0.3, -0.25) is 9.89 Å². The Morgan fingerprint density at radius 1 is 1.39 bits per heavy atom. The van der Waals surface area contributed by atoms with E-state index in [0.29, 0.717) is 17.9 Å². The van der Waals surface area contributed by atoms with Gasteiger partial charge in [0.2, 0.25) is 0 Å². The van der Waals surface area contributed by atoms with Crippen LogP contribution in [-0.2, 0) is 6.42 Å². The largest absolute Gasteiger partial charge is 0.396 e. The summed E-state index contributed by atoms with van der Waals surface area (Å²) in [6, 6.07) is 7.40. The number of rotatable bonds is 4. The highest BCUT2D eigenvalue weighted by atomic mass is 16.3. The fraction of sp³-hybridized carbons (Fsp3) is 0.471. The van der Waals surface area contributed by atoms with Gasteiger partial charge in [-0.2, -0.15) is 5.10 Å². The lowest BCUT2D eigenvalue weighted by atomic mass is 9.98. The number of amides is 1. The zero-order valence-electron chi connectivity index (χ0n) is 13.3. The zero-order valence-corrected chi connectivity index (χ0v) is 13.3. The lowest BCUT2D eigenvalue weighted by Crippen LogP contribution is -2.40. The van der Waals surface area contributed by atoms with Gasteiger partial charge < -0.3 is 10.0 Å². The van der Waals surface area contributed by atoms with E-state index in [1.54, 1.807) is 0 Å². The topological polar surface area (TPSA) is 82.1 Å². The average Bonchev–Trinajstić information content (AvgIpc) is 3.10. The van der Waals surface area contributed by atoms with Gasteiger partial charge in [0.15, 0.2) is 5.82 Å². The van der Waals surface area contributed by atoms with E-state index >= 15 is 0 Å². The summed E-state index contributed by atoms with van der Waals surface area (Å²) in [7, 11) is 0. The maximum atomic E-state index is 12.6. The Bertz CT molecular complexity index is 665. The van der Waals surface area contributed by atoms with Gasteiger partial charge in [0.05, 0.1) is 0 Å². The van der Waals surface area contributed by atoms with E-state index in [1.807, 2.05) is 36.1 Å². The average molecular weight is 314 g/mol. The first-order valence-corrected chi connectivity index (χ1v) is 8.13. The van der Waals surface area contributed by atoms with Crippen molar-refractivity contribution in [2.45, 2.75) is 26.2 Å². The molecule has 1 aromatic carbocycles. The van der Waals surface area contributed by atoms with Crippen molar-refractivity contribution >= 4 is 5.91 Å². The van der Waals surface area contributed by atoms with Crippen LogP contribution in [0.5, 0.6) is 0 Å². The first-order chi connectivity index (χ1) is 11.2. The molecule has 3 rings (SSSR count). The molecule has 1 aromatic heterocycles. The van der Waals surface area contributed by atoms with Gasteiger partial charge in [-0.15, -0.1) is 0 Å². The number of nitrogens with zero attached hydrogens (tertiary/aromatic N) is 3. The maximum absolute atomic E-state index is 12.6. The van der Waals surface area contributed by atoms with Crippen molar-refractivity contribution in [3.05, 3.63) is 35.7 Å². The number of hydrogen-bond acceptors (Lipinski definition) is 4. The number of likely N-dealkylation sites (tertiary alicyclic amines) is 1. The number of aromatic nitrogens is 3. The van der Waals surface area contributed by atoms with Crippen molar-refractivity contribution < 1.29 is 9.90 Å². The predicted octanol–water partition coefficient (Wildman–Crippen LogP) is 1.88. The standard InChI is InChI=1S/C17H22N4O2/c1-2-15-18-16(20-19-15)13-5-7-14(8-6-13)17(23)21-9-3-4-12(10-21)11-22/h5-8,12,22H,2-4,9-11H2,1H3,(H,18,19,20). The van der Waals surface area contributed by atoms with Crippen LogP contribution < -0.4 is 0 Å². The van der Waals surface area contributed by atoms with E-state index in [2.05, 4.69) is 15.2 Å². The zero-order chi connectivity index (χ0) is 16.2. The summed E-state index contributed by atoms with van der Waals surface area (Å²) in [6.07, 6.45) is 2.75. The molecule has 0 aliphatic carbocycles. The first kappa shape index (κ1) is 15.7. The number of aliphatic hydroxyl groups excluding tert-OH is 1. The molecule has 0 saturated carbocycles. The number of hydrogen-bond donors (Lipinski definition) is 2. The van der Waals surface area contributed by atoms with Crippen molar-refractivity contribution in [1.82, 2.24) is 20.1 Å². The van der Waals surface area contributed by atoms with E-state index < -0.39 is 0 Å². The van der Waals surface area contributed by atoms with Crippen molar-refractivity contribution in [2.24, 2.45) is 5.92 Å². The molecule has 1 amide bonds. The first-order valence-electron chi connectivity index (χ1n) is 8.13. The fourth-order valence-electron chi connectivity index (χ4n) is 2.93. The molecule has 1 aliphatic rings. The quantitative estimate of drug-likeness (QED) is 0.902. The molecule has 6 heteroatoms. The van der Waals surface area contributed by atoms with Crippen LogP contribution in [0.15, 0.2) is 24.3 Å². The molecule has 6 nitrogen and oxygen atoms in total. The van der Waals surface area contributed by atoms with E-state index in [9.17, 15) is 9.90 Å². The summed E-state index contributed by atoms with van der Waals surface area (Å²) in [5.74, 6) is 1.73. The van der Waals surface area contributed by atoms with E-state index in [1.165, 1.54) is 0 Å². The number of nitrogens with one attached hydrogen (secondary N) is 1. The number of aryl methyl sites for hydroxylation is 1. The van der Waals surface area contributed by atoms with Crippen LogP contribution >= 0.6 is 0 Å². The molecule has 2 heterocycles. The van der Waals surface area contributed by atoms with Gasteiger partial charge in [0.1, 0.15) is 5.82 Å². The number of aromatic amines is 1. The molecule has 0 bridgehead atoms. The summed E-state index contributed by atoms with van der Waals surface area (Å²) in [4.78, 5) is 18.8. The lowest BCUT2D eigenvalue weighted by molar-refractivity contribution is 0.0620. The molecular weight excluding hydrogens is 292 g/mol. The summed E-state index contributed by atoms with van der Waals surface area (Å²) < 4.78 is 0. The SMILES string of the molecule is CCc1nc(-c2ccc(C(=O)N3CCCC(CO)C3)cc2)n[nH]1. The highest BCUT2D eigenvalue weighted by Gasteiger charge is 2.24. The Labute approximate surface area is 135 Å². The molecule has 122 valence electrons. The Morgan fingerprint density at radius 2 is 2.17 bits per heavy atom. The van der Waals surface area contributed by atoms with Crippen LogP contribution in [-0.4, -0.2) is 50.8 Å². The lowest BCUT2D eigenvalue weighted by Gasteiger charge is -2.31. The summed E-state index contributed by atoms with van der Waals surface area (Å²) in [5.41, 5.74) is 1.56. The van der Waals surface area contributed by atoms with Crippen molar-refractivity contribution in [3.8, 4) is 11.4 Å². The third-order valence-corrected chi connectivity index (χ3v) is 4.32. The number of piperidine rings is 1. The number of benzene rings is 1. The molecule has 1 saturated heterocycles. The second-order valence-corrected chi connectivity index (χ2v) is 5.98. The second-order valence-electron chi connectivity index (χ2n) is 5.98. The monoisotopic (exact) mass is 314 g/mol. The van der Waals surface area contributed by atoms with E-state index in [4.69, 9.17) is 0 Å². The molecule has 1 unspecified atom stereocenters. The third kappa shape index (κ3) is 3.42. The summed E-state index contributed by atoms with van der Waals surface area (Å²) >= 11 is 0. The summed E-state index contributed by atoms with van der Waals surface area (Å²) in [6.45, 7) is 3.56. The van der Waals surface area contributed by atoms with Crippen LogP contribution in [0.25, 0.3) is 11.4 Å². The molecule has 2 aromatic rings. The van der Waals surface area contributed by atoms with Crippen LogP contribution in [0, 0.1) is 5.92 Å². The number of carbonyl (C=O) groups excluding carboxylic acids is 1. The Kier molecular flexibility index (Phi) is 4.71. The van der Waals surface area contributed by atoms with Gasteiger partial charge in [-0.05, 0) is 30.9 Å². The molecule has 0 spiro atoms. The van der Waals surface area contributed by atoms with Gasteiger partial charge >= 0.3 is 0 Å². The molecule has 1 fully saturated rings. The maximum Gasteiger partial charge on any atom is 0.253 e. The highest BCUT2D eigenvalue weighted by molar-refractivity contribution is 5.94. The van der Waals surface area contributed by atoms with Gasteiger partial charge in [0, 0.05) is 37.2 Å². The van der Waals surface area contributed by atoms with Crippen molar-refractivity contribution in [2.75, 3.05) is 19.7 Å². The minimum Gasteiger partial charge on any atom is -0.396 e. The van der Waals surface area contributed by atoms with Crippen LogP contribution in [0.2, 0.25) is 0 Å². The van der Waals surface area contributed by atoms with Crippen LogP contribution in [0.1, 0.15) is 35.9 Å². The highest BCUT2D eigenvalue weighted by Crippen LogP contribution is 2.20. The van der Waals surface area contributed by atoms with Crippen molar-refractivity contribution in [3.63, 3.8) is 0 Å². The van der Waals surface area contributed by atoms with Gasteiger partial charge in [-0.25, -0.2) is 4.98 Å².